The number of ether oxygens (including phenoxy) is 4. The molecule has 3 aliphatic heterocycles. The molecule has 0 bridgehead atoms. The minimum absolute atomic E-state index is 0.135. The summed E-state index contributed by atoms with van der Waals surface area (Å²) in [5, 5.41) is 0. The van der Waals surface area contributed by atoms with Gasteiger partial charge in [0.05, 0.1) is 24.4 Å². The first-order chi connectivity index (χ1) is 14.9. The third-order valence-electron chi connectivity index (χ3n) is 6.93. The van der Waals surface area contributed by atoms with E-state index in [4.69, 9.17) is 28.3 Å². The van der Waals surface area contributed by atoms with Crippen molar-refractivity contribution in [3.63, 3.8) is 0 Å². The van der Waals surface area contributed by atoms with Crippen molar-refractivity contribution in [2.75, 3.05) is 13.2 Å². The van der Waals surface area contributed by atoms with Crippen molar-refractivity contribution in [2.24, 2.45) is 0 Å². The van der Waals surface area contributed by atoms with E-state index in [-0.39, 0.29) is 12.6 Å². The van der Waals surface area contributed by atoms with Crippen molar-refractivity contribution in [3.05, 3.63) is 29.3 Å². The van der Waals surface area contributed by atoms with E-state index >= 15 is 0 Å². The Morgan fingerprint density at radius 3 is 1.97 bits per heavy atom. The standard InChI is InChI=1S/C24H37BO6/c1-23(2)24(3,4)31-25(30-23)20-11-9-10-18(16-28-21-12-5-7-14-26-21)19(20)17-29-22-13-6-8-15-27-22/h9-11,21-22H,5-8,12-17H2,1-4H3. The Hall–Kier alpha value is -0.955. The van der Waals surface area contributed by atoms with Crippen LogP contribution in [0.2, 0.25) is 0 Å². The normalized spacial score (nSPS) is 28.1. The van der Waals surface area contributed by atoms with Gasteiger partial charge >= 0.3 is 7.12 Å². The van der Waals surface area contributed by atoms with Gasteiger partial charge < -0.3 is 28.3 Å². The number of benzene rings is 1. The van der Waals surface area contributed by atoms with Crippen LogP contribution >= 0.6 is 0 Å². The molecule has 3 fully saturated rings. The van der Waals surface area contributed by atoms with Crippen molar-refractivity contribution in [2.45, 2.75) is 103 Å². The highest BCUT2D eigenvalue weighted by Crippen LogP contribution is 2.37. The fourth-order valence-corrected chi connectivity index (χ4v) is 4.20. The van der Waals surface area contributed by atoms with Gasteiger partial charge in [0.1, 0.15) is 0 Å². The fourth-order valence-electron chi connectivity index (χ4n) is 4.20. The molecular formula is C24H37BO6. The van der Waals surface area contributed by atoms with Gasteiger partial charge in [-0.1, -0.05) is 18.2 Å². The summed E-state index contributed by atoms with van der Waals surface area (Å²) in [4.78, 5) is 0. The predicted molar refractivity (Wildman–Crippen MR) is 119 cm³/mol. The summed E-state index contributed by atoms with van der Waals surface area (Å²) in [6.07, 6.45) is 6.08. The molecule has 4 rings (SSSR count). The second-order valence-electron chi connectivity index (χ2n) is 9.79. The fraction of sp³-hybridized carbons (Fsp3) is 0.750. The van der Waals surface area contributed by atoms with Gasteiger partial charge in [-0.3, -0.25) is 0 Å². The molecule has 7 heteroatoms. The van der Waals surface area contributed by atoms with Crippen LogP contribution in [0.3, 0.4) is 0 Å². The van der Waals surface area contributed by atoms with Crippen LogP contribution < -0.4 is 5.46 Å². The summed E-state index contributed by atoms with van der Waals surface area (Å²) in [5.74, 6) is 0. The molecule has 6 nitrogen and oxygen atoms in total. The third kappa shape index (κ3) is 5.52. The first-order valence-corrected chi connectivity index (χ1v) is 11.8. The van der Waals surface area contributed by atoms with Gasteiger partial charge in [0.2, 0.25) is 0 Å². The van der Waals surface area contributed by atoms with Crippen LogP contribution in [0.4, 0.5) is 0 Å². The summed E-state index contributed by atoms with van der Waals surface area (Å²) < 4.78 is 36.6. The second-order valence-corrected chi connectivity index (χ2v) is 9.79. The Morgan fingerprint density at radius 2 is 1.42 bits per heavy atom. The summed E-state index contributed by atoms with van der Waals surface area (Å²) in [6, 6.07) is 6.21. The van der Waals surface area contributed by atoms with Gasteiger partial charge in [-0.15, -0.1) is 0 Å². The lowest BCUT2D eigenvalue weighted by Gasteiger charge is -2.32. The molecule has 0 aromatic heterocycles. The summed E-state index contributed by atoms with van der Waals surface area (Å²) in [7, 11) is -0.443. The average Bonchev–Trinajstić information content (AvgIpc) is 2.99. The van der Waals surface area contributed by atoms with Gasteiger partial charge in [-0.25, -0.2) is 0 Å². The first-order valence-electron chi connectivity index (χ1n) is 11.8. The quantitative estimate of drug-likeness (QED) is 0.606. The maximum Gasteiger partial charge on any atom is 0.495 e. The SMILES string of the molecule is CC1(C)OB(c2cccc(COC3CCCCO3)c2COC2CCCCO2)OC1(C)C. The maximum atomic E-state index is 6.36. The summed E-state index contributed by atoms with van der Waals surface area (Å²) in [6.45, 7) is 10.8. The van der Waals surface area contributed by atoms with E-state index in [0.29, 0.717) is 13.2 Å². The zero-order chi connectivity index (χ0) is 21.9. The molecule has 1 aromatic rings. The van der Waals surface area contributed by atoms with Crippen LogP contribution in [-0.2, 0) is 41.5 Å². The molecule has 3 saturated heterocycles. The van der Waals surface area contributed by atoms with Crippen LogP contribution in [0.25, 0.3) is 0 Å². The molecule has 3 aliphatic rings. The predicted octanol–water partition coefficient (Wildman–Crippen LogP) is 4.07. The van der Waals surface area contributed by atoms with E-state index in [2.05, 4.69) is 39.8 Å². The largest absolute Gasteiger partial charge is 0.495 e. The molecule has 172 valence electrons. The Labute approximate surface area is 187 Å². The van der Waals surface area contributed by atoms with Crippen LogP contribution in [0.1, 0.15) is 77.3 Å². The Kier molecular flexibility index (Phi) is 7.41. The highest BCUT2D eigenvalue weighted by molar-refractivity contribution is 6.62. The molecule has 3 heterocycles. The van der Waals surface area contributed by atoms with Crippen LogP contribution in [-0.4, -0.2) is 44.1 Å². The topological polar surface area (TPSA) is 55.4 Å². The smallest absolute Gasteiger partial charge is 0.399 e. The van der Waals surface area contributed by atoms with E-state index in [0.717, 1.165) is 68.3 Å². The van der Waals surface area contributed by atoms with Crippen LogP contribution in [0, 0.1) is 0 Å². The number of hydrogen-bond acceptors (Lipinski definition) is 6. The summed E-state index contributed by atoms with van der Waals surface area (Å²) >= 11 is 0. The minimum atomic E-state index is -0.443. The van der Waals surface area contributed by atoms with Gasteiger partial charge in [0, 0.05) is 13.2 Å². The van der Waals surface area contributed by atoms with Crippen LogP contribution in [0.15, 0.2) is 18.2 Å². The lowest BCUT2D eigenvalue weighted by atomic mass is 9.75. The molecule has 2 unspecified atom stereocenters. The molecule has 0 aliphatic carbocycles. The minimum Gasteiger partial charge on any atom is -0.399 e. The van der Waals surface area contributed by atoms with E-state index in [1.54, 1.807) is 0 Å². The maximum absolute atomic E-state index is 6.36. The highest BCUT2D eigenvalue weighted by Gasteiger charge is 2.52. The Bertz CT molecular complexity index is 709. The first kappa shape index (κ1) is 23.2. The van der Waals surface area contributed by atoms with E-state index < -0.39 is 18.3 Å². The van der Waals surface area contributed by atoms with E-state index in [1.807, 2.05) is 6.07 Å². The zero-order valence-electron chi connectivity index (χ0n) is 19.5. The molecule has 0 amide bonds. The van der Waals surface area contributed by atoms with Gasteiger partial charge in [-0.2, -0.15) is 0 Å². The van der Waals surface area contributed by atoms with Crippen molar-refractivity contribution in [1.29, 1.82) is 0 Å². The van der Waals surface area contributed by atoms with E-state index in [1.165, 1.54) is 0 Å². The van der Waals surface area contributed by atoms with Gasteiger partial charge in [-0.05, 0) is 82.8 Å². The molecular weight excluding hydrogens is 395 g/mol. The van der Waals surface area contributed by atoms with Crippen molar-refractivity contribution in [3.8, 4) is 0 Å². The average molecular weight is 432 g/mol. The Balaban J connectivity index is 1.54. The molecule has 0 saturated carbocycles. The van der Waals surface area contributed by atoms with Crippen LogP contribution in [0.5, 0.6) is 0 Å². The second kappa shape index (κ2) is 9.90. The van der Waals surface area contributed by atoms with Crippen molar-refractivity contribution < 1.29 is 28.3 Å². The lowest BCUT2D eigenvalue weighted by molar-refractivity contribution is -0.172. The molecule has 31 heavy (non-hydrogen) atoms. The highest BCUT2D eigenvalue weighted by atomic mass is 16.7. The third-order valence-corrected chi connectivity index (χ3v) is 6.93. The lowest BCUT2D eigenvalue weighted by Crippen LogP contribution is -2.41. The van der Waals surface area contributed by atoms with E-state index in [9.17, 15) is 0 Å². The summed E-state index contributed by atoms with van der Waals surface area (Å²) in [5.41, 5.74) is 2.35. The Morgan fingerprint density at radius 1 is 0.839 bits per heavy atom. The van der Waals surface area contributed by atoms with Gasteiger partial charge in [0.25, 0.3) is 0 Å². The van der Waals surface area contributed by atoms with Gasteiger partial charge in [0.15, 0.2) is 12.6 Å². The molecule has 0 N–H and O–H groups in total. The van der Waals surface area contributed by atoms with Crippen molar-refractivity contribution >= 4 is 12.6 Å². The monoisotopic (exact) mass is 432 g/mol. The molecule has 0 spiro atoms. The van der Waals surface area contributed by atoms with Crippen molar-refractivity contribution in [1.82, 2.24) is 0 Å². The molecule has 0 radical (unpaired) electrons. The zero-order valence-corrected chi connectivity index (χ0v) is 19.5. The number of rotatable bonds is 7. The molecule has 2 atom stereocenters. The molecule has 1 aromatic carbocycles. The number of hydrogen-bond donors (Lipinski definition) is 0.